The molecule has 0 aliphatic carbocycles. The number of carbonyl (C=O) groups excluding carboxylic acids is 3. The predicted octanol–water partition coefficient (Wildman–Crippen LogP) is 3.50. The molecule has 270 valence electrons. The number of halogens is 6. The van der Waals surface area contributed by atoms with E-state index in [0.717, 1.165) is 30.3 Å². The van der Waals surface area contributed by atoms with Gasteiger partial charge in [-0.2, -0.15) is 18.7 Å². The highest BCUT2D eigenvalue weighted by atomic mass is 79.9. The minimum absolute atomic E-state index is 0.0204. The Morgan fingerprint density at radius 2 is 1.70 bits per heavy atom. The maximum Gasteiger partial charge on any atom is 0.416 e. The van der Waals surface area contributed by atoms with E-state index in [2.05, 4.69) is 36.2 Å². The number of aliphatic imine (C=N–C) groups is 1. The van der Waals surface area contributed by atoms with E-state index in [4.69, 9.17) is 36.2 Å². The van der Waals surface area contributed by atoms with Gasteiger partial charge in [-0.05, 0) is 53.0 Å². The Labute approximate surface area is 287 Å². The largest absolute Gasteiger partial charge is 0.480 e. The molecule has 1 heterocycles. The van der Waals surface area contributed by atoms with Crippen LogP contribution >= 0.6 is 15.9 Å². The minimum atomic E-state index is -4.60. The third-order valence-corrected chi connectivity index (χ3v) is 6.94. The number of nitrogens with two attached hydrogens (primary N) is 3. The van der Waals surface area contributed by atoms with Crippen molar-refractivity contribution in [3.8, 4) is 17.0 Å². The molecule has 1 unspecified atom stereocenters. The normalized spacial score (nSPS) is 12.9. The Balaban J connectivity index is 1.69. The fourth-order valence-corrected chi connectivity index (χ4v) is 4.36. The molecule has 1 aromatic heterocycles. The van der Waals surface area contributed by atoms with Crippen LogP contribution in [0.25, 0.3) is 11.3 Å². The Kier molecular flexibility index (Phi) is 13.6. The number of carbonyl (C=O) groups is 4. The third kappa shape index (κ3) is 11.1. The number of oxazole rings is 1. The van der Waals surface area contributed by atoms with Gasteiger partial charge in [0.15, 0.2) is 16.2 Å². The Morgan fingerprint density at radius 1 is 1.04 bits per heavy atom. The average molecular weight is 779 g/mol. The van der Waals surface area contributed by atoms with E-state index in [9.17, 15) is 36.7 Å². The number of aliphatic carboxylic acids is 1. The second kappa shape index (κ2) is 17.4. The molecule has 50 heavy (non-hydrogen) atoms. The molecule has 15 nitrogen and oxygen atoms in total. The van der Waals surface area contributed by atoms with Gasteiger partial charge in [0, 0.05) is 12.1 Å². The van der Waals surface area contributed by atoms with Gasteiger partial charge in [0.25, 0.3) is 5.91 Å². The highest BCUT2D eigenvalue weighted by Gasteiger charge is 2.31. The van der Waals surface area contributed by atoms with Gasteiger partial charge in [-0.15, -0.1) is 0 Å². The van der Waals surface area contributed by atoms with Crippen LogP contribution in [0.3, 0.4) is 0 Å². The summed E-state index contributed by atoms with van der Waals surface area (Å²) < 4.78 is 84.2. The summed E-state index contributed by atoms with van der Waals surface area (Å²) in [5, 5.41) is 8.75. The van der Waals surface area contributed by atoms with Gasteiger partial charge in [0.2, 0.25) is 18.0 Å². The van der Waals surface area contributed by atoms with Crippen molar-refractivity contribution < 1.29 is 65.0 Å². The van der Waals surface area contributed by atoms with Crippen LogP contribution in [0.15, 0.2) is 50.5 Å². The van der Waals surface area contributed by atoms with E-state index in [-0.39, 0.29) is 41.3 Å². The molecular weight excluding hydrogens is 751 g/mol. The number of carboxylic acids is 1. The number of alkyl halides is 3. The van der Waals surface area contributed by atoms with Crippen molar-refractivity contribution in [3.05, 3.63) is 69.7 Å². The molecule has 21 heteroatoms. The van der Waals surface area contributed by atoms with Crippen molar-refractivity contribution in [1.29, 1.82) is 0 Å². The molecule has 0 saturated carbocycles. The number of primary amides is 1. The number of hydroxylamine groups is 1. The van der Waals surface area contributed by atoms with Crippen LogP contribution in [0, 0.1) is 11.6 Å². The van der Waals surface area contributed by atoms with Crippen LogP contribution in [-0.4, -0.2) is 59.1 Å². The van der Waals surface area contributed by atoms with Crippen molar-refractivity contribution in [2.75, 3.05) is 13.2 Å². The molecule has 0 fully saturated rings. The Morgan fingerprint density at radius 3 is 2.32 bits per heavy atom. The SMILES string of the molecule is NC(=O)c1c(F)ccc(O[C@H](COC(=O)CCC(=O)ONC(N)=NCCCC(N)C(=O)O)c2nc(-c3ccc(C(F)(F)F)cc3)c(Br)o2)c1F. The topological polar surface area (TPSA) is 245 Å². The fraction of sp³-hybridized carbons (Fsp3) is 0.310. The number of amides is 1. The zero-order chi connectivity index (χ0) is 37.2. The summed E-state index contributed by atoms with van der Waals surface area (Å²) in [6.45, 7) is -0.690. The average Bonchev–Trinajstić information content (AvgIpc) is 3.44. The van der Waals surface area contributed by atoms with Crippen molar-refractivity contribution >= 4 is 45.7 Å². The first-order chi connectivity index (χ1) is 23.5. The fourth-order valence-electron chi connectivity index (χ4n) is 3.88. The molecular formula is C29H28BrF5N6O9. The molecule has 2 aromatic carbocycles. The molecule has 3 aromatic rings. The number of ether oxygens (including phenoxy) is 2. The van der Waals surface area contributed by atoms with Crippen molar-refractivity contribution in [2.45, 2.75) is 44.0 Å². The van der Waals surface area contributed by atoms with E-state index in [1.54, 1.807) is 0 Å². The number of aromatic nitrogens is 1. The van der Waals surface area contributed by atoms with Crippen LogP contribution in [0.4, 0.5) is 22.0 Å². The first-order valence-corrected chi connectivity index (χ1v) is 14.9. The van der Waals surface area contributed by atoms with E-state index in [1.807, 2.05) is 0 Å². The van der Waals surface area contributed by atoms with Gasteiger partial charge in [0.05, 0.1) is 18.4 Å². The Bertz CT molecular complexity index is 1740. The van der Waals surface area contributed by atoms with Crippen molar-refractivity contribution in [1.82, 2.24) is 10.5 Å². The van der Waals surface area contributed by atoms with Gasteiger partial charge >= 0.3 is 24.1 Å². The lowest BCUT2D eigenvalue weighted by Crippen LogP contribution is -2.34. The number of guanidine groups is 1. The zero-order valence-corrected chi connectivity index (χ0v) is 27.1. The highest BCUT2D eigenvalue weighted by Crippen LogP contribution is 2.36. The number of nitrogens with one attached hydrogen (secondary N) is 1. The monoisotopic (exact) mass is 778 g/mol. The first kappa shape index (κ1) is 39.1. The van der Waals surface area contributed by atoms with Gasteiger partial charge in [-0.25, -0.2) is 18.6 Å². The maximum atomic E-state index is 15.0. The molecule has 2 atom stereocenters. The smallest absolute Gasteiger partial charge is 0.416 e. The summed E-state index contributed by atoms with van der Waals surface area (Å²) in [5.41, 5.74) is 16.1. The number of esters is 1. The molecule has 1 amide bonds. The van der Waals surface area contributed by atoms with Gasteiger partial charge in [-0.1, -0.05) is 12.1 Å². The molecule has 0 bridgehead atoms. The quantitative estimate of drug-likeness (QED) is 0.0371. The lowest BCUT2D eigenvalue weighted by Gasteiger charge is -2.17. The molecule has 0 radical (unpaired) electrons. The number of benzene rings is 2. The highest BCUT2D eigenvalue weighted by molar-refractivity contribution is 9.10. The summed E-state index contributed by atoms with van der Waals surface area (Å²) in [6.07, 6.45) is -6.89. The van der Waals surface area contributed by atoms with E-state index < -0.39 is 96.0 Å². The van der Waals surface area contributed by atoms with Gasteiger partial charge < -0.3 is 41.0 Å². The molecule has 0 spiro atoms. The number of hydrogen-bond acceptors (Lipinski definition) is 11. The van der Waals surface area contributed by atoms with E-state index >= 15 is 4.39 Å². The van der Waals surface area contributed by atoms with E-state index in [0.29, 0.717) is 6.07 Å². The lowest BCUT2D eigenvalue weighted by molar-refractivity contribution is -0.154. The maximum absolute atomic E-state index is 15.0. The summed E-state index contributed by atoms with van der Waals surface area (Å²) in [6, 6.07) is 4.24. The second-order valence-electron chi connectivity index (χ2n) is 10.1. The summed E-state index contributed by atoms with van der Waals surface area (Å²) in [5.74, 6) is -8.82. The van der Waals surface area contributed by atoms with Crippen LogP contribution in [-0.2, 0) is 30.1 Å². The van der Waals surface area contributed by atoms with Crippen LogP contribution in [0.1, 0.15) is 53.6 Å². The number of carboxylic acid groups (broad SMARTS) is 1. The lowest BCUT2D eigenvalue weighted by atomic mass is 10.1. The zero-order valence-electron chi connectivity index (χ0n) is 25.5. The first-order valence-electron chi connectivity index (χ1n) is 14.2. The van der Waals surface area contributed by atoms with Crippen LogP contribution in [0.2, 0.25) is 0 Å². The van der Waals surface area contributed by atoms with Gasteiger partial charge in [-0.3, -0.25) is 19.4 Å². The van der Waals surface area contributed by atoms with Crippen molar-refractivity contribution in [2.24, 2.45) is 22.2 Å². The molecule has 0 aliphatic rings. The summed E-state index contributed by atoms with van der Waals surface area (Å²) in [7, 11) is 0. The van der Waals surface area contributed by atoms with E-state index in [1.165, 1.54) is 0 Å². The third-order valence-electron chi connectivity index (χ3n) is 6.41. The van der Waals surface area contributed by atoms with Crippen molar-refractivity contribution in [3.63, 3.8) is 0 Å². The molecule has 3 rings (SSSR count). The number of rotatable bonds is 15. The van der Waals surface area contributed by atoms with Crippen LogP contribution in [0.5, 0.6) is 5.75 Å². The number of hydrogen-bond donors (Lipinski definition) is 5. The number of nitrogens with zero attached hydrogens (tertiary/aromatic N) is 2. The standard InChI is InChI=1S/C29H28BrF5N6O9/c30-24-23(13-3-5-14(6-4-13)29(33,34)35)40-26(49-24)18(48-17-8-7-15(31)21(22(17)32)25(37)44)12-47-19(42)9-10-20(43)50-41-28(38)39-11-1-2-16(36)27(45)46/h3-8,16,18H,1-2,9-12,36H2,(H2,37,44)(H,45,46)(H3,38,39,41)/t16?,18-/m1/s1. The second-order valence-corrected chi connectivity index (χ2v) is 10.8. The van der Waals surface area contributed by atoms with Gasteiger partial charge in [0.1, 0.15) is 29.7 Å². The summed E-state index contributed by atoms with van der Waals surface area (Å²) in [4.78, 5) is 59.5. The van der Waals surface area contributed by atoms with Crippen LogP contribution < -0.4 is 27.4 Å². The molecule has 0 saturated heterocycles. The Hall–Kier alpha value is -5.31. The molecule has 8 N–H and O–H groups in total. The summed E-state index contributed by atoms with van der Waals surface area (Å²) >= 11 is 3.09. The minimum Gasteiger partial charge on any atom is -0.480 e. The predicted molar refractivity (Wildman–Crippen MR) is 164 cm³/mol. The molecule has 0 aliphatic heterocycles.